The largest absolute Gasteiger partial charge is 0.481 e. The molecular formula is C14H24N2O5. The first-order valence-electron chi connectivity index (χ1n) is 7.60. The number of carboxylic acids is 1. The number of ether oxygens (including phenoxy) is 1. The molecule has 0 spiro atoms. The summed E-state index contributed by atoms with van der Waals surface area (Å²) in [6.45, 7) is 1.58. The number of carbonyl (C=O) groups is 2. The molecule has 1 saturated carbocycles. The predicted octanol–water partition coefficient (Wildman–Crippen LogP) is 0.280. The number of carbonyl (C=O) groups excluding carboxylic acids is 1. The Morgan fingerprint density at radius 1 is 1.29 bits per heavy atom. The monoisotopic (exact) mass is 300 g/mol. The Morgan fingerprint density at radius 2 is 2.05 bits per heavy atom. The van der Waals surface area contributed by atoms with Gasteiger partial charge >= 0.3 is 12.0 Å². The molecule has 21 heavy (non-hydrogen) atoms. The minimum absolute atomic E-state index is 0.00915. The van der Waals surface area contributed by atoms with Crippen molar-refractivity contribution in [3.8, 4) is 0 Å². The van der Waals surface area contributed by atoms with Crippen LogP contribution in [0.2, 0.25) is 0 Å². The van der Waals surface area contributed by atoms with Crippen LogP contribution in [0.4, 0.5) is 4.79 Å². The second-order valence-corrected chi connectivity index (χ2v) is 5.80. The molecule has 1 heterocycles. The summed E-state index contributed by atoms with van der Waals surface area (Å²) in [5.41, 5.74) is 0. The Bertz CT molecular complexity index is 376. The third-order valence-corrected chi connectivity index (χ3v) is 4.37. The van der Waals surface area contributed by atoms with Crippen LogP contribution in [0.3, 0.4) is 0 Å². The van der Waals surface area contributed by atoms with Gasteiger partial charge in [-0.05, 0) is 18.8 Å². The molecule has 2 rings (SSSR count). The zero-order chi connectivity index (χ0) is 15.2. The van der Waals surface area contributed by atoms with E-state index in [1.807, 2.05) is 0 Å². The topological polar surface area (TPSA) is 99.1 Å². The molecule has 7 nitrogen and oxygen atoms in total. The van der Waals surface area contributed by atoms with Gasteiger partial charge in [-0.1, -0.05) is 12.8 Å². The fourth-order valence-electron chi connectivity index (χ4n) is 3.12. The summed E-state index contributed by atoms with van der Waals surface area (Å²) in [5.74, 6) is -1.11. The number of hydrogen-bond donors (Lipinski definition) is 3. The van der Waals surface area contributed by atoms with E-state index in [4.69, 9.17) is 9.84 Å². The summed E-state index contributed by atoms with van der Waals surface area (Å²) in [6.07, 6.45) is 3.18. The predicted molar refractivity (Wildman–Crippen MR) is 74.9 cm³/mol. The molecule has 1 saturated heterocycles. The van der Waals surface area contributed by atoms with E-state index in [9.17, 15) is 14.7 Å². The van der Waals surface area contributed by atoms with Gasteiger partial charge in [0.25, 0.3) is 0 Å². The highest BCUT2D eigenvalue weighted by atomic mass is 16.5. The molecule has 1 aliphatic carbocycles. The Kier molecular flexibility index (Phi) is 5.81. The molecule has 3 atom stereocenters. The van der Waals surface area contributed by atoms with Crippen molar-refractivity contribution in [1.29, 1.82) is 0 Å². The Balaban J connectivity index is 1.81. The number of morpholine rings is 1. The van der Waals surface area contributed by atoms with Crippen molar-refractivity contribution in [2.24, 2.45) is 11.8 Å². The van der Waals surface area contributed by atoms with Crippen LogP contribution in [0.1, 0.15) is 25.7 Å². The van der Waals surface area contributed by atoms with Crippen LogP contribution in [0.15, 0.2) is 0 Å². The van der Waals surface area contributed by atoms with E-state index in [0.29, 0.717) is 32.7 Å². The number of amides is 2. The first-order chi connectivity index (χ1) is 10.1. The second-order valence-electron chi connectivity index (χ2n) is 5.80. The maximum absolute atomic E-state index is 12.1. The van der Waals surface area contributed by atoms with Crippen LogP contribution in [-0.4, -0.2) is 66.1 Å². The average molecular weight is 300 g/mol. The number of aliphatic carboxylic acids is 1. The molecule has 0 bridgehead atoms. The zero-order valence-electron chi connectivity index (χ0n) is 12.2. The standard InChI is InChI=1S/C14H24N2O5/c17-9-11-8-16(5-6-21-11)14(20)15-7-10-3-1-2-4-12(10)13(18)19/h10-12,17H,1-9H2,(H,15,20)(H,18,19). The number of nitrogens with one attached hydrogen (secondary N) is 1. The van der Waals surface area contributed by atoms with E-state index in [0.717, 1.165) is 19.3 Å². The molecular weight excluding hydrogens is 276 g/mol. The minimum Gasteiger partial charge on any atom is -0.481 e. The quantitative estimate of drug-likeness (QED) is 0.692. The molecule has 0 radical (unpaired) electrons. The number of hydrogen-bond acceptors (Lipinski definition) is 4. The maximum Gasteiger partial charge on any atom is 0.317 e. The van der Waals surface area contributed by atoms with Crippen LogP contribution in [0.5, 0.6) is 0 Å². The van der Waals surface area contributed by atoms with Gasteiger partial charge in [-0.2, -0.15) is 0 Å². The molecule has 3 N–H and O–H groups in total. The second kappa shape index (κ2) is 7.61. The molecule has 0 aromatic heterocycles. The van der Waals surface area contributed by atoms with E-state index in [-0.39, 0.29) is 30.6 Å². The summed E-state index contributed by atoms with van der Waals surface area (Å²) in [7, 11) is 0. The SMILES string of the molecule is O=C(O)C1CCCCC1CNC(=O)N1CCOC(CO)C1. The molecule has 2 amide bonds. The minimum atomic E-state index is -0.763. The smallest absolute Gasteiger partial charge is 0.317 e. The molecule has 0 aromatic carbocycles. The number of aliphatic hydroxyl groups excluding tert-OH is 1. The molecule has 0 aromatic rings. The number of carboxylic acid groups (broad SMARTS) is 1. The van der Waals surface area contributed by atoms with Crippen LogP contribution in [0.25, 0.3) is 0 Å². The molecule has 2 fully saturated rings. The van der Waals surface area contributed by atoms with E-state index in [1.54, 1.807) is 4.90 Å². The van der Waals surface area contributed by atoms with Gasteiger partial charge < -0.3 is 25.2 Å². The van der Waals surface area contributed by atoms with Gasteiger partial charge in [0.05, 0.1) is 31.8 Å². The van der Waals surface area contributed by atoms with Gasteiger partial charge in [0, 0.05) is 13.1 Å². The third-order valence-electron chi connectivity index (χ3n) is 4.37. The Morgan fingerprint density at radius 3 is 2.76 bits per heavy atom. The van der Waals surface area contributed by atoms with Crippen molar-refractivity contribution in [1.82, 2.24) is 10.2 Å². The van der Waals surface area contributed by atoms with E-state index in [1.165, 1.54) is 0 Å². The summed E-state index contributed by atoms with van der Waals surface area (Å²) >= 11 is 0. The molecule has 7 heteroatoms. The van der Waals surface area contributed by atoms with Gasteiger partial charge in [-0.25, -0.2) is 4.79 Å². The summed E-state index contributed by atoms with van der Waals surface area (Å²) < 4.78 is 5.30. The number of urea groups is 1. The van der Waals surface area contributed by atoms with Crippen molar-refractivity contribution >= 4 is 12.0 Å². The normalized spacial score (nSPS) is 30.0. The van der Waals surface area contributed by atoms with Gasteiger partial charge in [-0.3, -0.25) is 4.79 Å². The third kappa shape index (κ3) is 4.31. The van der Waals surface area contributed by atoms with Crippen LogP contribution >= 0.6 is 0 Å². The fraction of sp³-hybridized carbons (Fsp3) is 0.857. The molecule has 3 unspecified atom stereocenters. The van der Waals surface area contributed by atoms with Gasteiger partial charge in [0.2, 0.25) is 0 Å². The number of aliphatic hydroxyl groups is 1. The van der Waals surface area contributed by atoms with Gasteiger partial charge in [-0.15, -0.1) is 0 Å². The van der Waals surface area contributed by atoms with E-state index >= 15 is 0 Å². The first-order valence-corrected chi connectivity index (χ1v) is 7.60. The molecule has 1 aliphatic heterocycles. The molecule has 2 aliphatic rings. The number of rotatable bonds is 4. The Hall–Kier alpha value is -1.34. The van der Waals surface area contributed by atoms with Crippen molar-refractivity contribution in [2.75, 3.05) is 32.8 Å². The van der Waals surface area contributed by atoms with Crippen LogP contribution < -0.4 is 5.32 Å². The lowest BCUT2D eigenvalue weighted by Crippen LogP contribution is -2.51. The van der Waals surface area contributed by atoms with E-state index in [2.05, 4.69) is 5.32 Å². The lowest BCUT2D eigenvalue weighted by atomic mass is 9.79. The van der Waals surface area contributed by atoms with Crippen molar-refractivity contribution in [3.63, 3.8) is 0 Å². The highest BCUT2D eigenvalue weighted by molar-refractivity contribution is 5.74. The maximum atomic E-state index is 12.1. The van der Waals surface area contributed by atoms with Crippen molar-refractivity contribution in [2.45, 2.75) is 31.8 Å². The Labute approximate surface area is 124 Å². The lowest BCUT2D eigenvalue weighted by Gasteiger charge is -2.33. The van der Waals surface area contributed by atoms with Crippen LogP contribution in [0, 0.1) is 11.8 Å². The van der Waals surface area contributed by atoms with Gasteiger partial charge in [0.15, 0.2) is 0 Å². The zero-order valence-corrected chi connectivity index (χ0v) is 12.2. The van der Waals surface area contributed by atoms with E-state index < -0.39 is 5.97 Å². The van der Waals surface area contributed by atoms with Crippen molar-refractivity contribution < 1.29 is 24.5 Å². The van der Waals surface area contributed by atoms with Crippen molar-refractivity contribution in [3.05, 3.63) is 0 Å². The highest BCUT2D eigenvalue weighted by Crippen LogP contribution is 2.29. The average Bonchev–Trinajstić information content (AvgIpc) is 2.52. The lowest BCUT2D eigenvalue weighted by molar-refractivity contribution is -0.144. The van der Waals surface area contributed by atoms with Gasteiger partial charge in [0.1, 0.15) is 0 Å². The summed E-state index contributed by atoms with van der Waals surface area (Å²) in [4.78, 5) is 24.9. The molecule has 120 valence electrons. The summed E-state index contributed by atoms with van der Waals surface area (Å²) in [5, 5.41) is 21.1. The highest BCUT2D eigenvalue weighted by Gasteiger charge is 2.31. The summed E-state index contributed by atoms with van der Waals surface area (Å²) in [6, 6.07) is -0.202. The number of nitrogens with zero attached hydrogens (tertiary/aromatic N) is 1. The fourth-order valence-corrected chi connectivity index (χ4v) is 3.12. The first kappa shape index (κ1) is 16.0. The van der Waals surface area contributed by atoms with Crippen LogP contribution in [-0.2, 0) is 9.53 Å².